The number of thiophene rings is 1. The second kappa shape index (κ2) is 5.20. The first-order valence-electron chi connectivity index (χ1n) is 5.47. The second-order valence-corrected chi connectivity index (χ2v) is 7.97. The van der Waals surface area contributed by atoms with E-state index in [9.17, 15) is 18.3 Å². The molecule has 0 bridgehead atoms. The van der Waals surface area contributed by atoms with Crippen LogP contribution in [0.15, 0.2) is 11.0 Å². The van der Waals surface area contributed by atoms with Crippen molar-refractivity contribution in [2.45, 2.75) is 31.2 Å². The van der Waals surface area contributed by atoms with Gasteiger partial charge in [0.2, 0.25) is 10.0 Å². The number of aromatic carboxylic acids is 1. The third-order valence-electron chi connectivity index (χ3n) is 2.96. The number of aliphatic hydroxyl groups excluding tert-OH is 1. The Balaban J connectivity index is 3.32. The highest BCUT2D eigenvalue weighted by atomic mass is 32.2. The Hall–Kier alpha value is -0.960. The van der Waals surface area contributed by atoms with Crippen molar-refractivity contribution in [3.8, 4) is 0 Å². The van der Waals surface area contributed by atoms with Crippen molar-refractivity contribution < 1.29 is 23.4 Å². The summed E-state index contributed by atoms with van der Waals surface area (Å²) in [4.78, 5) is 11.2. The molecule has 0 amide bonds. The van der Waals surface area contributed by atoms with Crippen LogP contribution in [0.25, 0.3) is 0 Å². The fourth-order valence-electron chi connectivity index (χ4n) is 1.40. The zero-order chi connectivity index (χ0) is 15.0. The lowest BCUT2D eigenvalue weighted by atomic mass is 10.1. The van der Waals surface area contributed by atoms with E-state index in [2.05, 4.69) is 0 Å². The van der Waals surface area contributed by atoms with Gasteiger partial charge in [0, 0.05) is 11.9 Å². The number of hydrogen-bond acceptors (Lipinski definition) is 5. The minimum Gasteiger partial charge on any atom is -0.477 e. The van der Waals surface area contributed by atoms with Gasteiger partial charge in [0.15, 0.2) is 0 Å². The van der Waals surface area contributed by atoms with Crippen molar-refractivity contribution in [1.29, 1.82) is 0 Å². The standard InChI is InChI=1S/C11H17NO5S2/c1-7-9(5-8(18-7)10(14)15)19(16,17)12(4)11(2,3)6-13/h5,13H,6H2,1-4H3,(H,14,15). The second-order valence-electron chi connectivity index (χ2n) is 4.78. The maximum Gasteiger partial charge on any atom is 0.345 e. The van der Waals surface area contributed by atoms with Crippen molar-refractivity contribution >= 4 is 27.3 Å². The Morgan fingerprint density at radius 3 is 2.37 bits per heavy atom. The largest absolute Gasteiger partial charge is 0.477 e. The SMILES string of the molecule is Cc1sc(C(=O)O)cc1S(=O)(=O)N(C)C(C)(C)CO. The van der Waals surface area contributed by atoms with Crippen LogP contribution in [0.2, 0.25) is 0 Å². The first-order chi connectivity index (χ1) is 8.54. The third-order valence-corrected chi connectivity index (χ3v) is 6.32. The van der Waals surface area contributed by atoms with E-state index in [0.29, 0.717) is 4.88 Å². The molecule has 0 aliphatic heterocycles. The lowest BCUT2D eigenvalue weighted by Gasteiger charge is -2.32. The highest BCUT2D eigenvalue weighted by molar-refractivity contribution is 7.89. The molecule has 0 unspecified atom stereocenters. The van der Waals surface area contributed by atoms with Crippen molar-refractivity contribution in [3.63, 3.8) is 0 Å². The van der Waals surface area contributed by atoms with Crippen LogP contribution in [0.3, 0.4) is 0 Å². The van der Waals surface area contributed by atoms with Crippen LogP contribution in [0, 0.1) is 6.92 Å². The van der Waals surface area contributed by atoms with Gasteiger partial charge >= 0.3 is 5.97 Å². The molecule has 0 fully saturated rings. The number of nitrogens with zero attached hydrogens (tertiary/aromatic N) is 1. The van der Waals surface area contributed by atoms with Gasteiger partial charge in [-0.25, -0.2) is 13.2 Å². The molecule has 1 aromatic rings. The lowest BCUT2D eigenvalue weighted by Crippen LogP contribution is -2.47. The number of aryl methyl sites for hydroxylation is 1. The van der Waals surface area contributed by atoms with Crippen LogP contribution in [0.5, 0.6) is 0 Å². The molecule has 0 aromatic carbocycles. The molecular formula is C11H17NO5S2. The molecule has 108 valence electrons. The van der Waals surface area contributed by atoms with Crippen LogP contribution in [-0.2, 0) is 10.0 Å². The van der Waals surface area contributed by atoms with Crippen LogP contribution in [0.4, 0.5) is 0 Å². The van der Waals surface area contributed by atoms with Crippen molar-refractivity contribution in [2.75, 3.05) is 13.7 Å². The number of aliphatic hydroxyl groups is 1. The fourth-order valence-corrected chi connectivity index (χ4v) is 4.30. The Labute approximate surface area is 116 Å². The molecule has 19 heavy (non-hydrogen) atoms. The van der Waals surface area contributed by atoms with Crippen LogP contribution >= 0.6 is 11.3 Å². The molecular weight excluding hydrogens is 290 g/mol. The summed E-state index contributed by atoms with van der Waals surface area (Å²) in [6.07, 6.45) is 0. The number of likely N-dealkylation sites (N-methyl/N-ethyl adjacent to an activating group) is 1. The molecule has 2 N–H and O–H groups in total. The zero-order valence-corrected chi connectivity index (χ0v) is 12.8. The van der Waals surface area contributed by atoms with E-state index in [4.69, 9.17) is 5.11 Å². The summed E-state index contributed by atoms with van der Waals surface area (Å²) in [5.41, 5.74) is -0.962. The van der Waals surface area contributed by atoms with Gasteiger partial charge in [-0.05, 0) is 26.8 Å². The van der Waals surface area contributed by atoms with Gasteiger partial charge in [-0.1, -0.05) is 0 Å². The zero-order valence-electron chi connectivity index (χ0n) is 11.2. The summed E-state index contributed by atoms with van der Waals surface area (Å²) in [5, 5.41) is 18.1. The monoisotopic (exact) mass is 307 g/mol. The first-order valence-corrected chi connectivity index (χ1v) is 7.73. The van der Waals surface area contributed by atoms with E-state index in [1.807, 2.05) is 0 Å². The van der Waals surface area contributed by atoms with Crippen molar-refractivity contribution in [2.24, 2.45) is 0 Å². The summed E-state index contributed by atoms with van der Waals surface area (Å²) in [7, 11) is -2.47. The number of rotatable bonds is 5. The summed E-state index contributed by atoms with van der Waals surface area (Å²) in [6, 6.07) is 1.15. The van der Waals surface area contributed by atoms with Crippen LogP contribution in [0.1, 0.15) is 28.4 Å². The minimum absolute atomic E-state index is 0.0220. The van der Waals surface area contributed by atoms with Gasteiger partial charge < -0.3 is 10.2 Å². The maximum atomic E-state index is 12.4. The normalized spacial score (nSPS) is 12.9. The molecule has 0 aliphatic carbocycles. The molecule has 0 spiro atoms. The summed E-state index contributed by atoms with van der Waals surface area (Å²) < 4.78 is 25.9. The Morgan fingerprint density at radius 1 is 1.47 bits per heavy atom. The minimum atomic E-state index is -3.83. The van der Waals surface area contributed by atoms with Gasteiger partial charge in [0.05, 0.1) is 17.0 Å². The molecule has 0 saturated carbocycles. The van der Waals surface area contributed by atoms with Crippen molar-refractivity contribution in [3.05, 3.63) is 15.8 Å². The predicted molar refractivity (Wildman–Crippen MR) is 72.1 cm³/mol. The van der Waals surface area contributed by atoms with Gasteiger partial charge in [-0.3, -0.25) is 0 Å². The molecule has 0 radical (unpaired) electrons. The Bertz CT molecular complexity index is 588. The Kier molecular flexibility index (Phi) is 4.40. The third kappa shape index (κ3) is 2.97. The highest BCUT2D eigenvalue weighted by Crippen LogP contribution is 2.30. The molecule has 1 heterocycles. The van der Waals surface area contributed by atoms with E-state index in [0.717, 1.165) is 21.7 Å². The summed E-state index contributed by atoms with van der Waals surface area (Å²) >= 11 is 0.917. The van der Waals surface area contributed by atoms with E-state index in [1.54, 1.807) is 20.8 Å². The van der Waals surface area contributed by atoms with Gasteiger partial charge in [-0.15, -0.1) is 11.3 Å². The number of carboxylic acids is 1. The molecule has 6 nitrogen and oxygen atoms in total. The Morgan fingerprint density at radius 2 is 2.00 bits per heavy atom. The molecule has 1 aromatic heterocycles. The average molecular weight is 307 g/mol. The highest BCUT2D eigenvalue weighted by Gasteiger charge is 2.35. The quantitative estimate of drug-likeness (QED) is 0.851. The van der Waals surface area contributed by atoms with Gasteiger partial charge in [0.25, 0.3) is 0 Å². The smallest absolute Gasteiger partial charge is 0.345 e. The number of carbonyl (C=O) groups is 1. The van der Waals surface area contributed by atoms with Crippen molar-refractivity contribution in [1.82, 2.24) is 4.31 Å². The van der Waals surface area contributed by atoms with Gasteiger partial charge in [0.1, 0.15) is 4.88 Å². The lowest BCUT2D eigenvalue weighted by molar-refractivity contribution is 0.0702. The number of sulfonamides is 1. The molecule has 0 aliphatic rings. The average Bonchev–Trinajstić information content (AvgIpc) is 2.71. The van der Waals surface area contributed by atoms with E-state index < -0.39 is 21.5 Å². The molecule has 1 rings (SSSR count). The van der Waals surface area contributed by atoms with Gasteiger partial charge in [-0.2, -0.15) is 4.31 Å². The topological polar surface area (TPSA) is 94.9 Å². The van der Waals surface area contributed by atoms with Crippen LogP contribution < -0.4 is 0 Å². The van der Waals surface area contributed by atoms with E-state index in [1.165, 1.54) is 7.05 Å². The summed E-state index contributed by atoms with van der Waals surface area (Å²) in [6.45, 7) is 4.40. The van der Waals surface area contributed by atoms with E-state index in [-0.39, 0.29) is 16.4 Å². The van der Waals surface area contributed by atoms with E-state index >= 15 is 0 Å². The molecule has 0 saturated heterocycles. The predicted octanol–water partition coefficient (Wildman–Crippen LogP) is 1.15. The maximum absolute atomic E-state index is 12.4. The number of hydrogen-bond donors (Lipinski definition) is 2. The summed E-state index contributed by atoms with van der Waals surface area (Å²) in [5.74, 6) is -1.15. The fraction of sp³-hybridized carbons (Fsp3) is 0.545. The number of carboxylic acid groups (broad SMARTS) is 1. The molecule has 8 heteroatoms. The van der Waals surface area contributed by atoms with Crippen LogP contribution in [-0.4, -0.2) is 48.1 Å². The molecule has 0 atom stereocenters. The first kappa shape index (κ1) is 16.1.